The number of carboxylic acid groups (broad SMARTS) is 1. The number of ether oxygens (including phenoxy) is 1. The summed E-state index contributed by atoms with van der Waals surface area (Å²) in [5.41, 5.74) is -0.239. The average Bonchev–Trinajstić information content (AvgIpc) is 3.02. The fourth-order valence-corrected chi connectivity index (χ4v) is 1.89. The Labute approximate surface area is 137 Å². The molecule has 1 heterocycles. The van der Waals surface area contributed by atoms with Crippen molar-refractivity contribution in [2.75, 3.05) is 6.54 Å². The lowest BCUT2D eigenvalue weighted by Gasteiger charge is -2.18. The third kappa shape index (κ3) is 4.77. The van der Waals surface area contributed by atoms with Crippen molar-refractivity contribution < 1.29 is 23.8 Å². The lowest BCUT2D eigenvalue weighted by molar-refractivity contribution is -0.122. The maximum Gasteiger partial charge on any atom is 0.358 e. The average molecular weight is 336 g/mol. The van der Waals surface area contributed by atoms with Gasteiger partial charge in [-0.25, -0.2) is 13.9 Å². The summed E-state index contributed by atoms with van der Waals surface area (Å²) in [5.74, 6) is -1.94. The molecule has 0 fully saturated rings. The summed E-state index contributed by atoms with van der Waals surface area (Å²) in [6, 6.07) is 6.04. The number of hydrogen-bond acceptors (Lipinski definition) is 5. The molecule has 1 aromatic heterocycles. The predicted octanol–water partition coefficient (Wildman–Crippen LogP) is 1.09. The molecule has 8 nitrogen and oxygen atoms in total. The number of rotatable bonds is 8. The fraction of sp³-hybridized carbons (Fsp3) is 0.333. The van der Waals surface area contributed by atoms with Crippen molar-refractivity contribution in [1.29, 1.82) is 0 Å². The predicted molar refractivity (Wildman–Crippen MR) is 81.1 cm³/mol. The maximum absolute atomic E-state index is 13.6. The highest BCUT2D eigenvalue weighted by molar-refractivity contribution is 5.84. The van der Waals surface area contributed by atoms with Gasteiger partial charge in [0.05, 0.1) is 12.7 Å². The Kier molecular flexibility index (Phi) is 5.83. The number of amides is 1. The highest BCUT2D eigenvalue weighted by Crippen LogP contribution is 2.17. The number of para-hydroxylation sites is 1. The van der Waals surface area contributed by atoms with Gasteiger partial charge in [0.2, 0.25) is 5.91 Å². The van der Waals surface area contributed by atoms with Gasteiger partial charge in [0.25, 0.3) is 0 Å². The van der Waals surface area contributed by atoms with E-state index in [-0.39, 0.29) is 30.4 Å². The summed E-state index contributed by atoms with van der Waals surface area (Å²) in [5, 5.41) is 18.3. The number of aromatic nitrogens is 3. The number of carboxylic acids is 1. The van der Waals surface area contributed by atoms with Crippen molar-refractivity contribution in [1.82, 2.24) is 20.3 Å². The van der Waals surface area contributed by atoms with Crippen LogP contribution in [0.25, 0.3) is 0 Å². The summed E-state index contributed by atoms with van der Waals surface area (Å²) in [4.78, 5) is 22.5. The van der Waals surface area contributed by atoms with Crippen molar-refractivity contribution >= 4 is 11.9 Å². The molecule has 2 rings (SSSR count). The number of benzene rings is 1. The maximum atomic E-state index is 13.6. The van der Waals surface area contributed by atoms with E-state index in [2.05, 4.69) is 15.6 Å². The summed E-state index contributed by atoms with van der Waals surface area (Å²) in [6.45, 7) is 1.87. The van der Waals surface area contributed by atoms with Crippen LogP contribution in [-0.2, 0) is 11.3 Å². The molecular weight excluding hydrogens is 319 g/mol. The Hall–Kier alpha value is -2.97. The summed E-state index contributed by atoms with van der Waals surface area (Å²) < 4.78 is 20.2. The van der Waals surface area contributed by atoms with E-state index < -0.39 is 17.9 Å². The van der Waals surface area contributed by atoms with E-state index in [0.717, 1.165) is 10.9 Å². The number of aromatic carboxylic acids is 1. The second kappa shape index (κ2) is 8.04. The zero-order valence-corrected chi connectivity index (χ0v) is 13.0. The molecule has 0 aliphatic rings. The van der Waals surface area contributed by atoms with E-state index in [0.29, 0.717) is 6.42 Å². The Morgan fingerprint density at radius 2 is 2.17 bits per heavy atom. The molecule has 1 unspecified atom stereocenters. The van der Waals surface area contributed by atoms with Crippen LogP contribution in [0.15, 0.2) is 30.5 Å². The lowest BCUT2D eigenvalue weighted by atomic mass is 10.2. The monoisotopic (exact) mass is 336 g/mol. The van der Waals surface area contributed by atoms with Gasteiger partial charge in [-0.2, -0.15) is 0 Å². The molecule has 1 atom stereocenters. The molecule has 128 valence electrons. The number of hydrogen-bond donors (Lipinski definition) is 2. The summed E-state index contributed by atoms with van der Waals surface area (Å²) in [7, 11) is 0. The Morgan fingerprint density at radius 3 is 2.79 bits per heavy atom. The van der Waals surface area contributed by atoms with Crippen LogP contribution in [0.5, 0.6) is 5.75 Å². The van der Waals surface area contributed by atoms with Crippen molar-refractivity contribution in [3.8, 4) is 5.75 Å². The van der Waals surface area contributed by atoms with Crippen LogP contribution in [0.4, 0.5) is 4.39 Å². The van der Waals surface area contributed by atoms with Crippen LogP contribution >= 0.6 is 0 Å². The van der Waals surface area contributed by atoms with Gasteiger partial charge in [-0.05, 0) is 18.6 Å². The molecule has 0 aliphatic heterocycles. The van der Waals surface area contributed by atoms with Crippen molar-refractivity contribution in [3.05, 3.63) is 42.0 Å². The molecule has 0 radical (unpaired) electrons. The first-order valence-corrected chi connectivity index (χ1v) is 7.31. The highest BCUT2D eigenvalue weighted by atomic mass is 19.1. The minimum atomic E-state index is -1.22. The molecule has 0 spiro atoms. The molecule has 9 heteroatoms. The van der Waals surface area contributed by atoms with Crippen LogP contribution in [0.2, 0.25) is 0 Å². The number of nitrogens with zero attached hydrogens (tertiary/aromatic N) is 3. The van der Waals surface area contributed by atoms with Gasteiger partial charge in [-0.3, -0.25) is 4.79 Å². The van der Waals surface area contributed by atoms with Crippen LogP contribution in [0.1, 0.15) is 23.8 Å². The van der Waals surface area contributed by atoms with E-state index >= 15 is 0 Å². The van der Waals surface area contributed by atoms with E-state index in [1.165, 1.54) is 12.1 Å². The second-order valence-electron chi connectivity index (χ2n) is 4.99. The van der Waals surface area contributed by atoms with E-state index in [1.54, 1.807) is 12.1 Å². The van der Waals surface area contributed by atoms with Gasteiger partial charge >= 0.3 is 5.97 Å². The van der Waals surface area contributed by atoms with Crippen molar-refractivity contribution in [2.24, 2.45) is 0 Å². The van der Waals surface area contributed by atoms with Gasteiger partial charge < -0.3 is 15.2 Å². The minimum Gasteiger partial charge on any atom is -0.486 e. The highest BCUT2D eigenvalue weighted by Gasteiger charge is 2.14. The first kappa shape index (κ1) is 17.4. The molecule has 2 N–H and O–H groups in total. The van der Waals surface area contributed by atoms with Gasteiger partial charge in [-0.15, -0.1) is 5.10 Å². The molecule has 0 bridgehead atoms. The van der Waals surface area contributed by atoms with Crippen LogP contribution in [0.3, 0.4) is 0 Å². The standard InChI is InChI=1S/C15H17FN4O4/c1-2-10(24-13-6-4-3-5-11(13)16)7-17-14(21)9-20-8-12(15(22)23)18-19-20/h3-6,8,10H,2,7,9H2,1H3,(H,17,21)(H,22,23). The normalized spacial score (nSPS) is 11.8. The molecule has 24 heavy (non-hydrogen) atoms. The van der Waals surface area contributed by atoms with Gasteiger partial charge in [-0.1, -0.05) is 24.3 Å². The third-order valence-electron chi connectivity index (χ3n) is 3.18. The number of carbonyl (C=O) groups excluding carboxylic acids is 1. The molecule has 0 saturated carbocycles. The SMILES string of the molecule is CCC(CNC(=O)Cn1cc(C(=O)O)nn1)Oc1ccccc1F. The Balaban J connectivity index is 1.84. The Bertz CT molecular complexity index is 719. The molecular formula is C15H17FN4O4. The number of nitrogens with one attached hydrogen (secondary N) is 1. The zero-order chi connectivity index (χ0) is 17.5. The van der Waals surface area contributed by atoms with Gasteiger partial charge in [0.15, 0.2) is 17.3 Å². The fourth-order valence-electron chi connectivity index (χ4n) is 1.89. The van der Waals surface area contributed by atoms with E-state index in [4.69, 9.17) is 9.84 Å². The molecule has 0 saturated heterocycles. The van der Waals surface area contributed by atoms with Crippen molar-refractivity contribution in [3.63, 3.8) is 0 Å². The van der Waals surface area contributed by atoms with Gasteiger partial charge in [0.1, 0.15) is 12.6 Å². The number of halogens is 1. The summed E-state index contributed by atoms with van der Waals surface area (Å²) in [6.07, 6.45) is 1.34. The first-order chi connectivity index (χ1) is 11.5. The molecule has 1 amide bonds. The molecule has 0 aliphatic carbocycles. The minimum absolute atomic E-state index is 0.126. The topological polar surface area (TPSA) is 106 Å². The largest absolute Gasteiger partial charge is 0.486 e. The van der Waals surface area contributed by atoms with Crippen molar-refractivity contribution in [2.45, 2.75) is 26.0 Å². The molecule has 2 aromatic rings. The van der Waals surface area contributed by atoms with Crippen LogP contribution in [-0.4, -0.2) is 44.6 Å². The summed E-state index contributed by atoms with van der Waals surface area (Å²) >= 11 is 0. The zero-order valence-electron chi connectivity index (χ0n) is 13.0. The van der Waals surface area contributed by atoms with E-state index in [1.807, 2.05) is 6.92 Å². The molecule has 1 aromatic carbocycles. The van der Waals surface area contributed by atoms with Crippen LogP contribution < -0.4 is 10.1 Å². The third-order valence-corrected chi connectivity index (χ3v) is 3.18. The van der Waals surface area contributed by atoms with Gasteiger partial charge in [0, 0.05) is 0 Å². The lowest BCUT2D eigenvalue weighted by Crippen LogP contribution is -2.37. The van der Waals surface area contributed by atoms with E-state index in [9.17, 15) is 14.0 Å². The quantitative estimate of drug-likeness (QED) is 0.747. The number of carbonyl (C=O) groups is 2. The smallest absolute Gasteiger partial charge is 0.358 e. The first-order valence-electron chi connectivity index (χ1n) is 7.31. The van der Waals surface area contributed by atoms with Crippen LogP contribution in [0, 0.1) is 5.82 Å². The second-order valence-corrected chi connectivity index (χ2v) is 4.99. The Morgan fingerprint density at radius 1 is 1.42 bits per heavy atom.